The van der Waals surface area contributed by atoms with Gasteiger partial charge < -0.3 is 9.72 Å². The van der Waals surface area contributed by atoms with Crippen LogP contribution >= 0.6 is 0 Å². The number of halogens is 2. The number of ether oxygens (including phenoxy) is 1. The molecule has 0 bridgehead atoms. The van der Waals surface area contributed by atoms with Crippen LogP contribution in [0.5, 0.6) is 5.75 Å². The predicted octanol–water partition coefficient (Wildman–Crippen LogP) is 3.48. The summed E-state index contributed by atoms with van der Waals surface area (Å²) in [6.45, 7) is 0.346. The van der Waals surface area contributed by atoms with E-state index in [1.807, 2.05) is 24.3 Å². The average Bonchev–Trinajstić information content (AvgIpc) is 2.98. The molecule has 1 unspecified atom stereocenters. The monoisotopic (exact) mass is 351 g/mol. The van der Waals surface area contributed by atoms with Crippen molar-refractivity contribution in [3.8, 4) is 5.75 Å². The fourth-order valence-electron chi connectivity index (χ4n) is 2.40. The van der Waals surface area contributed by atoms with Crippen molar-refractivity contribution < 1.29 is 17.7 Å². The van der Waals surface area contributed by atoms with E-state index < -0.39 is 17.4 Å². The number of rotatable bonds is 5. The molecule has 1 aromatic carbocycles. The molecule has 0 saturated heterocycles. The molecule has 1 atom stereocenters. The number of fused-ring (bicyclic) bond motifs is 1. The third-order valence-corrected chi connectivity index (χ3v) is 4.76. The molecular formula is C16H15F2N3O2S. The Bertz CT molecular complexity index is 878. The Labute approximate surface area is 139 Å². The SMILES string of the molecule is Cc1cnc(CS(=O)c2nc3ccccc3[nH]2)c(C)c1OC(F)F. The third kappa shape index (κ3) is 3.28. The topological polar surface area (TPSA) is 67.9 Å². The third-order valence-electron chi connectivity index (χ3n) is 3.60. The van der Waals surface area contributed by atoms with E-state index in [4.69, 9.17) is 0 Å². The smallest absolute Gasteiger partial charge is 0.387 e. The highest BCUT2D eigenvalue weighted by Gasteiger charge is 2.18. The van der Waals surface area contributed by atoms with E-state index in [0.717, 1.165) is 11.0 Å². The van der Waals surface area contributed by atoms with E-state index in [1.54, 1.807) is 13.8 Å². The molecule has 126 valence electrons. The second-order valence-corrected chi connectivity index (χ2v) is 6.64. The van der Waals surface area contributed by atoms with Crippen molar-refractivity contribution in [1.82, 2.24) is 15.0 Å². The van der Waals surface area contributed by atoms with Crippen LogP contribution in [0.1, 0.15) is 16.8 Å². The van der Waals surface area contributed by atoms with E-state index >= 15 is 0 Å². The number of nitrogens with zero attached hydrogens (tertiary/aromatic N) is 2. The summed E-state index contributed by atoms with van der Waals surface area (Å²) in [6.07, 6.45) is 1.44. The second-order valence-electron chi connectivity index (χ2n) is 5.27. The molecule has 8 heteroatoms. The summed E-state index contributed by atoms with van der Waals surface area (Å²) in [5, 5.41) is 0.328. The number of alkyl halides is 2. The van der Waals surface area contributed by atoms with Gasteiger partial charge in [0.2, 0.25) is 0 Å². The van der Waals surface area contributed by atoms with Crippen LogP contribution in [0.3, 0.4) is 0 Å². The summed E-state index contributed by atoms with van der Waals surface area (Å²) in [5.41, 5.74) is 2.91. The zero-order chi connectivity index (χ0) is 17.3. The molecule has 5 nitrogen and oxygen atoms in total. The molecule has 2 aromatic heterocycles. The normalized spacial score (nSPS) is 12.7. The first kappa shape index (κ1) is 16.5. The van der Waals surface area contributed by atoms with Crippen LogP contribution in [0, 0.1) is 13.8 Å². The Morgan fingerprint density at radius 3 is 2.75 bits per heavy atom. The lowest BCUT2D eigenvalue weighted by Crippen LogP contribution is -2.09. The summed E-state index contributed by atoms with van der Waals surface area (Å²) < 4.78 is 42.2. The largest absolute Gasteiger partial charge is 0.434 e. The van der Waals surface area contributed by atoms with E-state index in [-0.39, 0.29) is 11.5 Å². The van der Waals surface area contributed by atoms with Crippen LogP contribution in [0.2, 0.25) is 0 Å². The van der Waals surface area contributed by atoms with Gasteiger partial charge in [0, 0.05) is 17.3 Å². The van der Waals surface area contributed by atoms with Crippen LogP contribution < -0.4 is 4.74 Å². The van der Waals surface area contributed by atoms with Crippen molar-refractivity contribution in [3.63, 3.8) is 0 Å². The summed E-state index contributed by atoms with van der Waals surface area (Å²) in [7, 11) is -1.48. The number of para-hydroxylation sites is 2. The first-order valence-corrected chi connectivity index (χ1v) is 8.50. The Morgan fingerprint density at radius 2 is 2.04 bits per heavy atom. The van der Waals surface area contributed by atoms with Crippen LogP contribution in [0.25, 0.3) is 11.0 Å². The molecule has 0 saturated carbocycles. The number of benzene rings is 1. The zero-order valence-corrected chi connectivity index (χ0v) is 13.9. The molecule has 0 radical (unpaired) electrons. The van der Waals surface area contributed by atoms with E-state index in [1.165, 1.54) is 6.20 Å². The number of aromatic nitrogens is 3. The minimum Gasteiger partial charge on any atom is -0.434 e. The molecule has 24 heavy (non-hydrogen) atoms. The van der Waals surface area contributed by atoms with Crippen molar-refractivity contribution in [2.24, 2.45) is 0 Å². The number of H-pyrrole nitrogens is 1. The van der Waals surface area contributed by atoms with Crippen LogP contribution in [-0.4, -0.2) is 25.8 Å². The molecule has 1 N–H and O–H groups in total. The molecule has 0 amide bonds. The average molecular weight is 351 g/mol. The molecule has 0 aliphatic heterocycles. The molecule has 0 fully saturated rings. The minimum atomic E-state index is -2.92. The number of nitrogens with one attached hydrogen (secondary N) is 1. The Balaban J connectivity index is 1.88. The van der Waals surface area contributed by atoms with E-state index in [2.05, 4.69) is 19.7 Å². The molecule has 0 aliphatic rings. The molecule has 0 spiro atoms. The van der Waals surface area contributed by atoms with Gasteiger partial charge in [-0.3, -0.25) is 9.19 Å². The molecule has 3 aromatic rings. The van der Waals surface area contributed by atoms with Gasteiger partial charge in [0.1, 0.15) is 5.75 Å². The van der Waals surface area contributed by atoms with Crippen molar-refractivity contribution in [2.45, 2.75) is 31.4 Å². The van der Waals surface area contributed by atoms with Gasteiger partial charge >= 0.3 is 6.61 Å². The number of hydrogen-bond acceptors (Lipinski definition) is 4. The number of pyridine rings is 1. The number of imidazole rings is 1. The standard InChI is InChI=1S/C16H15F2N3O2S/c1-9-7-19-13(10(2)14(9)23-15(17)18)8-24(22)16-20-11-5-3-4-6-12(11)21-16/h3-7,15H,8H2,1-2H3,(H,20,21). The molecular weight excluding hydrogens is 336 g/mol. The van der Waals surface area contributed by atoms with E-state index in [9.17, 15) is 13.0 Å². The van der Waals surface area contributed by atoms with Gasteiger partial charge in [0.15, 0.2) is 5.16 Å². The van der Waals surface area contributed by atoms with Gasteiger partial charge in [-0.15, -0.1) is 0 Å². The highest BCUT2D eigenvalue weighted by molar-refractivity contribution is 7.84. The molecule has 2 heterocycles. The lowest BCUT2D eigenvalue weighted by molar-refractivity contribution is -0.0508. The lowest BCUT2D eigenvalue weighted by Gasteiger charge is -2.13. The molecule has 0 aliphatic carbocycles. The number of aryl methyl sites for hydroxylation is 1. The highest BCUT2D eigenvalue weighted by Crippen LogP contribution is 2.27. The van der Waals surface area contributed by atoms with Crippen LogP contribution in [-0.2, 0) is 16.6 Å². The Hall–Kier alpha value is -2.35. The van der Waals surface area contributed by atoms with Crippen molar-refractivity contribution >= 4 is 21.8 Å². The van der Waals surface area contributed by atoms with Crippen molar-refractivity contribution in [3.05, 3.63) is 47.3 Å². The number of hydrogen-bond donors (Lipinski definition) is 1. The van der Waals surface area contributed by atoms with Gasteiger partial charge in [-0.05, 0) is 26.0 Å². The first-order chi connectivity index (χ1) is 11.5. The van der Waals surface area contributed by atoms with Gasteiger partial charge in [0.25, 0.3) is 0 Å². The zero-order valence-electron chi connectivity index (χ0n) is 13.0. The maximum absolute atomic E-state index is 12.5. The Morgan fingerprint density at radius 1 is 1.29 bits per heavy atom. The highest BCUT2D eigenvalue weighted by atomic mass is 32.2. The maximum atomic E-state index is 12.5. The fraction of sp³-hybridized carbons (Fsp3) is 0.250. The summed E-state index contributed by atoms with van der Waals surface area (Å²) >= 11 is 0. The number of aromatic amines is 1. The lowest BCUT2D eigenvalue weighted by atomic mass is 10.1. The molecule has 3 rings (SSSR count). The van der Waals surface area contributed by atoms with Crippen LogP contribution in [0.4, 0.5) is 8.78 Å². The van der Waals surface area contributed by atoms with Crippen molar-refractivity contribution in [1.29, 1.82) is 0 Å². The van der Waals surface area contributed by atoms with Gasteiger partial charge in [-0.2, -0.15) is 8.78 Å². The quantitative estimate of drug-likeness (QED) is 0.764. The predicted molar refractivity (Wildman–Crippen MR) is 86.5 cm³/mol. The van der Waals surface area contributed by atoms with Crippen molar-refractivity contribution in [2.75, 3.05) is 0 Å². The van der Waals surface area contributed by atoms with Gasteiger partial charge in [-0.25, -0.2) is 4.98 Å². The van der Waals surface area contributed by atoms with Gasteiger partial charge in [0.05, 0.1) is 33.3 Å². The summed E-state index contributed by atoms with van der Waals surface area (Å²) in [6, 6.07) is 7.35. The van der Waals surface area contributed by atoms with Crippen LogP contribution in [0.15, 0.2) is 35.6 Å². The summed E-state index contributed by atoms with van der Waals surface area (Å²) in [5.74, 6) is 0.141. The maximum Gasteiger partial charge on any atom is 0.387 e. The first-order valence-electron chi connectivity index (χ1n) is 7.18. The Kier molecular flexibility index (Phi) is 4.57. The summed E-state index contributed by atoms with van der Waals surface area (Å²) in [4.78, 5) is 11.5. The van der Waals surface area contributed by atoms with E-state index in [0.29, 0.717) is 22.0 Å². The van der Waals surface area contributed by atoms with Gasteiger partial charge in [-0.1, -0.05) is 12.1 Å². The second kappa shape index (κ2) is 6.64. The fourth-order valence-corrected chi connectivity index (χ4v) is 3.50. The minimum absolute atomic E-state index is 0.0610.